The van der Waals surface area contributed by atoms with Crippen LogP contribution in [0, 0.1) is 6.92 Å². The van der Waals surface area contributed by atoms with E-state index < -0.39 is 5.60 Å². The molecule has 2 heterocycles. The van der Waals surface area contributed by atoms with E-state index in [0.717, 1.165) is 28.3 Å². The third kappa shape index (κ3) is 5.49. The van der Waals surface area contributed by atoms with Gasteiger partial charge in [0.15, 0.2) is 0 Å². The maximum atomic E-state index is 10.2. The van der Waals surface area contributed by atoms with Gasteiger partial charge in [0.2, 0.25) is 6.41 Å². The van der Waals surface area contributed by atoms with Crippen molar-refractivity contribution in [2.75, 3.05) is 19.7 Å². The Morgan fingerprint density at radius 1 is 1.52 bits per heavy atom. The van der Waals surface area contributed by atoms with Crippen molar-refractivity contribution in [1.29, 1.82) is 0 Å². The highest BCUT2D eigenvalue weighted by Crippen LogP contribution is 2.16. The number of carbonyl (C=O) groups is 1. The number of imidazole rings is 1. The molecule has 0 saturated carbocycles. The van der Waals surface area contributed by atoms with Crippen LogP contribution in [0.25, 0.3) is 11.0 Å². The summed E-state index contributed by atoms with van der Waals surface area (Å²) in [6.07, 6.45) is 0.922. The molecule has 0 unspecified atom stereocenters. The zero-order valence-electron chi connectivity index (χ0n) is 13.5. The number of aliphatic hydroxyl groups is 1. The van der Waals surface area contributed by atoms with Crippen molar-refractivity contribution in [3.8, 4) is 0 Å². The van der Waals surface area contributed by atoms with Crippen LogP contribution in [0.2, 0.25) is 5.02 Å². The Morgan fingerprint density at radius 3 is 2.83 bits per heavy atom. The lowest BCUT2D eigenvalue weighted by molar-refractivity contribution is -0.137. The fraction of sp³-hybridized carbons (Fsp3) is 0.500. The number of hydrogen-bond acceptors (Lipinski definition) is 4. The van der Waals surface area contributed by atoms with Crippen LogP contribution >= 0.6 is 11.6 Å². The van der Waals surface area contributed by atoms with Crippen molar-refractivity contribution in [2.24, 2.45) is 0 Å². The largest absolute Gasteiger partial charge is 0.388 e. The first-order valence-electron chi connectivity index (χ1n) is 7.42. The van der Waals surface area contributed by atoms with Crippen molar-refractivity contribution in [3.05, 3.63) is 29.0 Å². The summed E-state index contributed by atoms with van der Waals surface area (Å²) in [4.78, 5) is 19.1. The number of carbonyl (C=O) groups excluding carboxylic acids is 1. The standard InChI is InChI=1S/C8H7ClN2.C8H15NO3/c1-5-10-7-3-2-6(9)4-8(7)11-5;1-8(2,11)5-12-7-3-9(4-7)6-10/h2-4H,1H3,(H,10,11);6-7,11H,3-5H2,1-2H3. The van der Waals surface area contributed by atoms with Crippen LogP contribution in [0.1, 0.15) is 19.7 Å². The molecular formula is C16H22ClN3O3. The molecule has 1 aromatic heterocycles. The van der Waals surface area contributed by atoms with Crippen LogP contribution in [0.5, 0.6) is 0 Å². The van der Waals surface area contributed by atoms with Gasteiger partial charge in [0, 0.05) is 18.1 Å². The lowest BCUT2D eigenvalue weighted by atomic mass is 10.1. The number of amides is 1. The van der Waals surface area contributed by atoms with Gasteiger partial charge in [0.05, 0.1) is 29.3 Å². The minimum Gasteiger partial charge on any atom is -0.388 e. The number of likely N-dealkylation sites (tertiary alicyclic amines) is 1. The molecule has 3 rings (SSSR count). The summed E-state index contributed by atoms with van der Waals surface area (Å²) >= 11 is 5.78. The van der Waals surface area contributed by atoms with Gasteiger partial charge in [-0.05, 0) is 39.0 Å². The monoisotopic (exact) mass is 339 g/mol. The number of ether oxygens (including phenoxy) is 1. The van der Waals surface area contributed by atoms with Gasteiger partial charge in [-0.1, -0.05) is 11.6 Å². The second-order valence-electron chi connectivity index (χ2n) is 6.29. The second kappa shape index (κ2) is 7.29. The molecular weight excluding hydrogens is 318 g/mol. The number of halogens is 1. The van der Waals surface area contributed by atoms with E-state index >= 15 is 0 Å². The first-order chi connectivity index (χ1) is 10.8. The molecule has 6 nitrogen and oxygen atoms in total. The Hall–Kier alpha value is -1.63. The van der Waals surface area contributed by atoms with Gasteiger partial charge in [-0.3, -0.25) is 4.79 Å². The number of rotatable bonds is 4. The molecule has 23 heavy (non-hydrogen) atoms. The molecule has 1 amide bonds. The van der Waals surface area contributed by atoms with Gasteiger partial charge in [0.25, 0.3) is 0 Å². The SMILES string of the molecule is CC(C)(O)COC1CN(C=O)C1.Cc1nc2ccc(Cl)cc2[nH]1. The number of aromatic nitrogens is 2. The third-order valence-corrected chi connectivity index (χ3v) is 3.50. The van der Waals surface area contributed by atoms with Crippen molar-refractivity contribution in [1.82, 2.24) is 14.9 Å². The summed E-state index contributed by atoms with van der Waals surface area (Å²) in [6, 6.07) is 5.61. The van der Waals surface area contributed by atoms with E-state index in [-0.39, 0.29) is 6.10 Å². The quantitative estimate of drug-likeness (QED) is 0.836. The van der Waals surface area contributed by atoms with Crippen molar-refractivity contribution < 1.29 is 14.6 Å². The molecule has 2 N–H and O–H groups in total. The molecule has 0 spiro atoms. The number of aryl methyl sites for hydroxylation is 1. The fourth-order valence-electron chi connectivity index (χ4n) is 2.09. The first kappa shape index (κ1) is 17.7. The molecule has 126 valence electrons. The Bertz CT molecular complexity index is 660. The van der Waals surface area contributed by atoms with Crippen LogP contribution in [0.4, 0.5) is 0 Å². The minimum atomic E-state index is -0.776. The summed E-state index contributed by atoms with van der Waals surface area (Å²) in [5, 5.41) is 10.0. The fourth-order valence-corrected chi connectivity index (χ4v) is 2.26. The maximum absolute atomic E-state index is 10.2. The summed E-state index contributed by atoms with van der Waals surface area (Å²) in [7, 11) is 0. The molecule has 0 aliphatic carbocycles. The second-order valence-corrected chi connectivity index (χ2v) is 6.72. The highest BCUT2D eigenvalue weighted by molar-refractivity contribution is 6.31. The highest BCUT2D eigenvalue weighted by atomic mass is 35.5. The molecule has 0 atom stereocenters. The van der Waals surface area contributed by atoms with E-state index in [1.165, 1.54) is 0 Å². The molecule has 1 saturated heterocycles. The van der Waals surface area contributed by atoms with E-state index in [4.69, 9.17) is 16.3 Å². The summed E-state index contributed by atoms with van der Waals surface area (Å²) in [5.41, 5.74) is 1.18. The van der Waals surface area contributed by atoms with E-state index in [0.29, 0.717) is 19.7 Å². The first-order valence-corrected chi connectivity index (χ1v) is 7.80. The van der Waals surface area contributed by atoms with Crippen LogP contribution in [-0.2, 0) is 9.53 Å². The van der Waals surface area contributed by atoms with Crippen LogP contribution in [0.15, 0.2) is 18.2 Å². The topological polar surface area (TPSA) is 78.5 Å². The predicted octanol–water partition coefficient (Wildman–Crippen LogP) is 2.14. The minimum absolute atomic E-state index is 0.113. The van der Waals surface area contributed by atoms with Crippen LogP contribution in [-0.4, -0.2) is 57.8 Å². The Kier molecular flexibility index (Phi) is 5.62. The third-order valence-electron chi connectivity index (χ3n) is 3.26. The van der Waals surface area contributed by atoms with Gasteiger partial charge in [-0.2, -0.15) is 0 Å². The number of benzene rings is 1. The van der Waals surface area contributed by atoms with Crippen LogP contribution in [0.3, 0.4) is 0 Å². The average Bonchev–Trinajstić information content (AvgIpc) is 2.76. The molecule has 0 radical (unpaired) electrons. The number of H-pyrrole nitrogens is 1. The molecule has 1 aromatic carbocycles. The van der Waals surface area contributed by atoms with E-state index in [9.17, 15) is 9.90 Å². The Labute approximate surface area is 140 Å². The van der Waals surface area contributed by atoms with Gasteiger partial charge < -0.3 is 19.7 Å². The zero-order chi connectivity index (χ0) is 17.0. The number of fused-ring (bicyclic) bond motifs is 1. The molecule has 1 aliphatic rings. The predicted molar refractivity (Wildman–Crippen MR) is 89.5 cm³/mol. The number of hydrogen-bond donors (Lipinski definition) is 2. The molecule has 2 aromatic rings. The lowest BCUT2D eigenvalue weighted by Crippen LogP contribution is -2.52. The summed E-state index contributed by atoms with van der Waals surface area (Å²) in [5.74, 6) is 0.919. The van der Waals surface area contributed by atoms with Crippen LogP contribution < -0.4 is 0 Å². The molecule has 1 aliphatic heterocycles. The number of aromatic amines is 1. The van der Waals surface area contributed by atoms with Crippen molar-refractivity contribution >= 4 is 29.0 Å². The van der Waals surface area contributed by atoms with E-state index in [1.807, 2.05) is 25.1 Å². The van der Waals surface area contributed by atoms with E-state index in [1.54, 1.807) is 18.7 Å². The zero-order valence-corrected chi connectivity index (χ0v) is 14.3. The molecule has 0 bridgehead atoms. The summed E-state index contributed by atoms with van der Waals surface area (Å²) < 4.78 is 5.32. The average molecular weight is 340 g/mol. The van der Waals surface area contributed by atoms with Gasteiger partial charge in [-0.15, -0.1) is 0 Å². The van der Waals surface area contributed by atoms with Crippen molar-refractivity contribution in [2.45, 2.75) is 32.5 Å². The smallest absolute Gasteiger partial charge is 0.209 e. The van der Waals surface area contributed by atoms with Gasteiger partial charge in [0.1, 0.15) is 5.82 Å². The maximum Gasteiger partial charge on any atom is 0.209 e. The summed E-state index contributed by atoms with van der Waals surface area (Å²) in [6.45, 7) is 6.95. The normalized spacial score (nSPS) is 15.1. The Morgan fingerprint density at radius 2 is 2.22 bits per heavy atom. The number of nitrogens with one attached hydrogen (secondary N) is 1. The Balaban J connectivity index is 0.000000167. The highest BCUT2D eigenvalue weighted by Gasteiger charge is 2.27. The number of nitrogens with zero attached hydrogens (tertiary/aromatic N) is 2. The van der Waals surface area contributed by atoms with Crippen molar-refractivity contribution in [3.63, 3.8) is 0 Å². The lowest BCUT2D eigenvalue weighted by Gasteiger charge is -2.37. The van der Waals surface area contributed by atoms with E-state index in [2.05, 4.69) is 9.97 Å². The van der Waals surface area contributed by atoms with Gasteiger partial charge in [-0.25, -0.2) is 4.98 Å². The molecule has 7 heteroatoms. The molecule has 1 fully saturated rings. The van der Waals surface area contributed by atoms with Gasteiger partial charge >= 0.3 is 0 Å².